The summed E-state index contributed by atoms with van der Waals surface area (Å²) in [6.45, 7) is 8.51. The molecular weight excluding hydrogens is 226 g/mol. The van der Waals surface area contributed by atoms with E-state index in [2.05, 4.69) is 38.4 Å². The van der Waals surface area contributed by atoms with Crippen LogP contribution in [0.3, 0.4) is 0 Å². The highest BCUT2D eigenvalue weighted by atomic mass is 15.2. The molecule has 2 aromatic rings. The highest BCUT2D eigenvalue weighted by molar-refractivity contribution is 5.77. The van der Waals surface area contributed by atoms with Gasteiger partial charge in [-0.2, -0.15) is 5.10 Å². The van der Waals surface area contributed by atoms with Gasteiger partial charge in [-0.15, -0.1) is 0 Å². The van der Waals surface area contributed by atoms with Crippen molar-refractivity contribution in [3.63, 3.8) is 0 Å². The lowest BCUT2D eigenvalue weighted by Crippen LogP contribution is -2.48. The standard InChI is InChI=1S/C13H19N5/c1-9-7-18(4-3-14-9)8-11-5-12-10(2)16-17-13(12)15-6-11/h5-6,9,14H,3-4,7-8H2,1-2H3,(H,15,16,17)/t9-/m0/s1. The molecule has 0 bridgehead atoms. The van der Waals surface area contributed by atoms with Crippen LogP contribution < -0.4 is 5.32 Å². The first-order chi connectivity index (χ1) is 8.72. The van der Waals surface area contributed by atoms with Crippen molar-refractivity contribution >= 4 is 11.0 Å². The molecule has 3 heterocycles. The van der Waals surface area contributed by atoms with Gasteiger partial charge in [0.25, 0.3) is 0 Å². The van der Waals surface area contributed by atoms with Gasteiger partial charge in [0, 0.05) is 49.5 Å². The van der Waals surface area contributed by atoms with Crippen molar-refractivity contribution in [2.24, 2.45) is 0 Å². The third-order valence-electron chi connectivity index (χ3n) is 3.52. The molecule has 0 aromatic carbocycles. The maximum absolute atomic E-state index is 4.40. The first-order valence-corrected chi connectivity index (χ1v) is 6.48. The van der Waals surface area contributed by atoms with Gasteiger partial charge in [-0.25, -0.2) is 4.98 Å². The molecule has 1 saturated heterocycles. The number of aromatic nitrogens is 3. The van der Waals surface area contributed by atoms with E-state index in [4.69, 9.17) is 0 Å². The van der Waals surface area contributed by atoms with Crippen molar-refractivity contribution in [1.82, 2.24) is 25.4 Å². The molecule has 0 aliphatic carbocycles. The predicted octanol–water partition coefficient (Wildman–Crippen LogP) is 1.06. The van der Waals surface area contributed by atoms with Crippen molar-refractivity contribution in [2.75, 3.05) is 19.6 Å². The molecule has 1 atom stereocenters. The maximum Gasteiger partial charge on any atom is 0.181 e. The first kappa shape index (κ1) is 11.6. The Kier molecular flexibility index (Phi) is 3.01. The number of fused-ring (bicyclic) bond motifs is 1. The molecule has 5 heteroatoms. The highest BCUT2D eigenvalue weighted by Crippen LogP contribution is 2.16. The van der Waals surface area contributed by atoms with Crippen LogP contribution in [-0.2, 0) is 6.54 Å². The number of H-pyrrole nitrogens is 1. The van der Waals surface area contributed by atoms with Crippen LogP contribution in [0.4, 0.5) is 0 Å². The Morgan fingerprint density at radius 1 is 1.50 bits per heavy atom. The summed E-state index contributed by atoms with van der Waals surface area (Å²) >= 11 is 0. The quantitative estimate of drug-likeness (QED) is 0.830. The van der Waals surface area contributed by atoms with Crippen LogP contribution in [0.25, 0.3) is 11.0 Å². The van der Waals surface area contributed by atoms with Gasteiger partial charge in [0.05, 0.1) is 0 Å². The van der Waals surface area contributed by atoms with E-state index in [1.165, 1.54) is 5.56 Å². The molecule has 0 amide bonds. The Bertz CT molecular complexity index is 547. The van der Waals surface area contributed by atoms with E-state index < -0.39 is 0 Å². The van der Waals surface area contributed by atoms with Crippen molar-refractivity contribution in [1.29, 1.82) is 0 Å². The van der Waals surface area contributed by atoms with Crippen molar-refractivity contribution in [3.8, 4) is 0 Å². The Morgan fingerprint density at radius 3 is 3.22 bits per heavy atom. The summed E-state index contributed by atoms with van der Waals surface area (Å²) < 4.78 is 0. The minimum absolute atomic E-state index is 0.575. The van der Waals surface area contributed by atoms with Crippen LogP contribution in [0.2, 0.25) is 0 Å². The fourth-order valence-corrected chi connectivity index (χ4v) is 2.56. The van der Waals surface area contributed by atoms with Crippen LogP contribution in [0, 0.1) is 6.92 Å². The first-order valence-electron chi connectivity index (χ1n) is 6.48. The average molecular weight is 245 g/mol. The van der Waals surface area contributed by atoms with E-state index in [-0.39, 0.29) is 0 Å². The smallest absolute Gasteiger partial charge is 0.181 e. The largest absolute Gasteiger partial charge is 0.312 e. The fraction of sp³-hybridized carbons (Fsp3) is 0.538. The number of rotatable bonds is 2. The van der Waals surface area contributed by atoms with E-state index in [0.717, 1.165) is 42.9 Å². The molecule has 96 valence electrons. The van der Waals surface area contributed by atoms with Gasteiger partial charge in [-0.3, -0.25) is 10.00 Å². The lowest BCUT2D eigenvalue weighted by atomic mass is 10.1. The van der Waals surface area contributed by atoms with Gasteiger partial charge in [0.1, 0.15) is 0 Å². The van der Waals surface area contributed by atoms with Gasteiger partial charge < -0.3 is 5.32 Å². The molecule has 0 unspecified atom stereocenters. The molecule has 2 aromatic heterocycles. The van der Waals surface area contributed by atoms with Crippen LogP contribution in [-0.4, -0.2) is 45.8 Å². The number of piperazine rings is 1. The predicted molar refractivity (Wildman–Crippen MR) is 71.4 cm³/mol. The van der Waals surface area contributed by atoms with Gasteiger partial charge >= 0.3 is 0 Å². The zero-order valence-electron chi connectivity index (χ0n) is 10.9. The highest BCUT2D eigenvalue weighted by Gasteiger charge is 2.16. The molecule has 1 aliphatic heterocycles. The number of nitrogens with zero attached hydrogens (tertiary/aromatic N) is 3. The lowest BCUT2D eigenvalue weighted by Gasteiger charge is -2.31. The van der Waals surface area contributed by atoms with Crippen LogP contribution in [0.15, 0.2) is 12.3 Å². The average Bonchev–Trinajstić information content (AvgIpc) is 2.71. The molecule has 0 spiro atoms. The Balaban J connectivity index is 1.79. The van der Waals surface area contributed by atoms with E-state index in [9.17, 15) is 0 Å². The molecule has 0 radical (unpaired) electrons. The summed E-state index contributed by atoms with van der Waals surface area (Å²) in [5.74, 6) is 0. The van der Waals surface area contributed by atoms with Crippen molar-refractivity contribution in [2.45, 2.75) is 26.4 Å². The summed E-state index contributed by atoms with van der Waals surface area (Å²) in [7, 11) is 0. The Hall–Kier alpha value is -1.46. The molecule has 5 nitrogen and oxygen atoms in total. The minimum atomic E-state index is 0.575. The second kappa shape index (κ2) is 4.66. The van der Waals surface area contributed by atoms with Gasteiger partial charge in [-0.1, -0.05) is 0 Å². The molecule has 0 saturated carbocycles. The summed E-state index contributed by atoms with van der Waals surface area (Å²) in [4.78, 5) is 6.87. The summed E-state index contributed by atoms with van der Waals surface area (Å²) in [5.41, 5.74) is 3.17. The zero-order valence-corrected chi connectivity index (χ0v) is 10.9. The van der Waals surface area contributed by atoms with Gasteiger partial charge in [0.2, 0.25) is 0 Å². The van der Waals surface area contributed by atoms with Gasteiger partial charge in [-0.05, 0) is 25.5 Å². The minimum Gasteiger partial charge on any atom is -0.312 e. The third kappa shape index (κ3) is 2.23. The van der Waals surface area contributed by atoms with E-state index >= 15 is 0 Å². The lowest BCUT2D eigenvalue weighted by molar-refractivity contribution is 0.199. The maximum atomic E-state index is 4.40. The normalized spacial score (nSPS) is 21.6. The Labute approximate surface area is 107 Å². The number of nitrogens with one attached hydrogen (secondary N) is 2. The van der Waals surface area contributed by atoms with E-state index in [0.29, 0.717) is 6.04 Å². The molecule has 2 N–H and O–H groups in total. The molecular formula is C13H19N5. The second-order valence-electron chi connectivity index (χ2n) is 5.15. The topological polar surface area (TPSA) is 56.8 Å². The van der Waals surface area contributed by atoms with Crippen LogP contribution >= 0.6 is 0 Å². The van der Waals surface area contributed by atoms with Crippen molar-refractivity contribution in [3.05, 3.63) is 23.5 Å². The number of pyridine rings is 1. The monoisotopic (exact) mass is 245 g/mol. The van der Waals surface area contributed by atoms with Crippen molar-refractivity contribution < 1.29 is 0 Å². The third-order valence-corrected chi connectivity index (χ3v) is 3.52. The van der Waals surface area contributed by atoms with Crippen LogP contribution in [0.5, 0.6) is 0 Å². The molecule has 3 rings (SSSR count). The number of hydrogen-bond donors (Lipinski definition) is 2. The van der Waals surface area contributed by atoms with Crippen LogP contribution in [0.1, 0.15) is 18.2 Å². The zero-order chi connectivity index (χ0) is 12.5. The summed E-state index contributed by atoms with van der Waals surface area (Å²) in [5, 5.41) is 11.7. The second-order valence-corrected chi connectivity index (χ2v) is 5.15. The number of aromatic amines is 1. The Morgan fingerprint density at radius 2 is 2.39 bits per heavy atom. The number of hydrogen-bond acceptors (Lipinski definition) is 4. The summed E-state index contributed by atoms with van der Waals surface area (Å²) in [6, 6.07) is 2.78. The number of aryl methyl sites for hydroxylation is 1. The van der Waals surface area contributed by atoms with Gasteiger partial charge in [0.15, 0.2) is 5.65 Å². The van der Waals surface area contributed by atoms with E-state index in [1.54, 1.807) is 0 Å². The molecule has 18 heavy (non-hydrogen) atoms. The summed E-state index contributed by atoms with van der Waals surface area (Å²) in [6.07, 6.45) is 1.94. The van der Waals surface area contributed by atoms with E-state index in [1.807, 2.05) is 13.1 Å². The molecule has 1 fully saturated rings. The fourth-order valence-electron chi connectivity index (χ4n) is 2.56. The SMILES string of the molecule is Cc1[nH]nc2ncc(CN3CCN[C@@H](C)C3)cc12. The molecule has 1 aliphatic rings.